The maximum absolute atomic E-state index is 6.34. The van der Waals surface area contributed by atoms with E-state index >= 15 is 0 Å². The van der Waals surface area contributed by atoms with Gasteiger partial charge in [-0.1, -0.05) is 29.8 Å². The maximum atomic E-state index is 6.34. The van der Waals surface area contributed by atoms with Gasteiger partial charge >= 0.3 is 0 Å². The van der Waals surface area contributed by atoms with E-state index in [9.17, 15) is 0 Å². The zero-order valence-corrected chi connectivity index (χ0v) is 12.2. The number of ether oxygens (including phenoxy) is 1. The molecule has 2 aromatic rings. The normalized spacial score (nSPS) is 12.3. The van der Waals surface area contributed by atoms with E-state index in [1.807, 2.05) is 44.2 Å². The van der Waals surface area contributed by atoms with E-state index in [2.05, 4.69) is 6.07 Å². The lowest BCUT2D eigenvalue weighted by molar-refractivity contribution is 0.414. The van der Waals surface area contributed by atoms with Crippen molar-refractivity contribution in [2.24, 2.45) is 5.73 Å². The van der Waals surface area contributed by atoms with Crippen LogP contribution >= 0.6 is 11.6 Å². The van der Waals surface area contributed by atoms with Crippen molar-refractivity contribution in [2.45, 2.75) is 19.9 Å². The van der Waals surface area contributed by atoms with Crippen LogP contribution in [0, 0.1) is 13.8 Å². The molecule has 1 atom stereocenters. The Labute approximate surface area is 119 Å². The second-order valence-electron chi connectivity index (χ2n) is 4.71. The Kier molecular flexibility index (Phi) is 4.13. The third-order valence-corrected chi connectivity index (χ3v) is 3.76. The van der Waals surface area contributed by atoms with Crippen molar-refractivity contribution in [2.75, 3.05) is 7.11 Å². The Morgan fingerprint density at radius 3 is 2.26 bits per heavy atom. The molecule has 3 heteroatoms. The molecule has 1 unspecified atom stereocenters. The predicted molar refractivity (Wildman–Crippen MR) is 80.0 cm³/mol. The Hall–Kier alpha value is -1.51. The minimum absolute atomic E-state index is 0.151. The highest BCUT2D eigenvalue weighted by Gasteiger charge is 2.13. The zero-order chi connectivity index (χ0) is 14.0. The first-order valence-electron chi connectivity index (χ1n) is 6.19. The van der Waals surface area contributed by atoms with Crippen LogP contribution in [0.25, 0.3) is 0 Å². The Bertz CT molecular complexity index is 578. The number of rotatable bonds is 3. The van der Waals surface area contributed by atoms with Crippen LogP contribution in [-0.2, 0) is 0 Å². The number of hydrogen-bond acceptors (Lipinski definition) is 2. The molecule has 0 radical (unpaired) electrons. The average Bonchev–Trinajstić information content (AvgIpc) is 2.42. The highest BCUT2D eigenvalue weighted by atomic mass is 35.5. The molecule has 2 rings (SSSR count). The summed E-state index contributed by atoms with van der Waals surface area (Å²) >= 11 is 6.12. The first kappa shape index (κ1) is 13.9. The molecule has 100 valence electrons. The SMILES string of the molecule is COc1ccc(C(N)c2cc(C)c(Cl)cc2C)cc1. The molecule has 0 aliphatic carbocycles. The molecule has 2 N–H and O–H groups in total. The molecule has 0 spiro atoms. The number of hydrogen-bond donors (Lipinski definition) is 1. The lowest BCUT2D eigenvalue weighted by Crippen LogP contribution is -2.13. The summed E-state index contributed by atoms with van der Waals surface area (Å²) in [6, 6.07) is 11.7. The first-order chi connectivity index (χ1) is 9.02. The summed E-state index contributed by atoms with van der Waals surface area (Å²) in [5.41, 5.74) is 10.7. The van der Waals surface area contributed by atoms with Gasteiger partial charge in [0.05, 0.1) is 13.2 Å². The van der Waals surface area contributed by atoms with Gasteiger partial charge in [0.25, 0.3) is 0 Å². The zero-order valence-electron chi connectivity index (χ0n) is 11.4. The van der Waals surface area contributed by atoms with E-state index in [0.29, 0.717) is 0 Å². The molecule has 0 heterocycles. The first-order valence-corrected chi connectivity index (χ1v) is 6.57. The molecule has 2 aromatic carbocycles. The maximum Gasteiger partial charge on any atom is 0.118 e. The van der Waals surface area contributed by atoms with Crippen LogP contribution in [0.3, 0.4) is 0 Å². The van der Waals surface area contributed by atoms with Crippen molar-refractivity contribution in [1.29, 1.82) is 0 Å². The van der Waals surface area contributed by atoms with Crippen molar-refractivity contribution < 1.29 is 4.74 Å². The average molecular weight is 276 g/mol. The second kappa shape index (κ2) is 5.64. The molecule has 0 saturated heterocycles. The molecule has 0 saturated carbocycles. The topological polar surface area (TPSA) is 35.2 Å². The molecule has 0 amide bonds. The summed E-state index contributed by atoms with van der Waals surface area (Å²) in [5.74, 6) is 0.833. The predicted octanol–water partition coefficient (Wildman–Crippen LogP) is 4.01. The number of nitrogens with two attached hydrogens (primary N) is 1. The van der Waals surface area contributed by atoms with Crippen LogP contribution in [0.5, 0.6) is 5.75 Å². The highest BCUT2D eigenvalue weighted by Crippen LogP contribution is 2.28. The van der Waals surface area contributed by atoms with Crippen molar-refractivity contribution >= 4 is 11.6 Å². The quantitative estimate of drug-likeness (QED) is 0.918. The number of aryl methyl sites for hydroxylation is 2. The van der Waals surface area contributed by atoms with Crippen molar-refractivity contribution in [3.05, 3.63) is 63.7 Å². The summed E-state index contributed by atoms with van der Waals surface area (Å²) < 4.78 is 5.15. The van der Waals surface area contributed by atoms with E-state index in [4.69, 9.17) is 22.1 Å². The molecular weight excluding hydrogens is 258 g/mol. The minimum Gasteiger partial charge on any atom is -0.497 e. The minimum atomic E-state index is -0.151. The standard InChI is InChI=1S/C16H18ClNO/c1-10-9-15(17)11(2)8-14(10)16(18)12-4-6-13(19-3)7-5-12/h4-9,16H,18H2,1-3H3. The highest BCUT2D eigenvalue weighted by molar-refractivity contribution is 6.31. The molecule has 19 heavy (non-hydrogen) atoms. The summed E-state index contributed by atoms with van der Waals surface area (Å²) in [6.07, 6.45) is 0. The van der Waals surface area contributed by atoms with Gasteiger partial charge in [-0.15, -0.1) is 0 Å². The number of halogens is 1. The van der Waals surface area contributed by atoms with Gasteiger partial charge in [0.1, 0.15) is 5.75 Å². The number of benzene rings is 2. The van der Waals surface area contributed by atoms with Crippen molar-refractivity contribution in [3.8, 4) is 5.75 Å². The van der Waals surface area contributed by atoms with Gasteiger partial charge in [-0.05, 0) is 54.3 Å². The van der Waals surface area contributed by atoms with E-state index in [0.717, 1.165) is 33.0 Å². The Balaban J connectivity index is 2.37. The smallest absolute Gasteiger partial charge is 0.118 e. The van der Waals surface area contributed by atoms with Gasteiger partial charge in [0.15, 0.2) is 0 Å². The summed E-state index contributed by atoms with van der Waals surface area (Å²) in [5, 5.41) is 0.781. The number of methoxy groups -OCH3 is 1. The van der Waals surface area contributed by atoms with E-state index in [1.165, 1.54) is 0 Å². The monoisotopic (exact) mass is 275 g/mol. The Morgan fingerprint density at radius 2 is 1.68 bits per heavy atom. The van der Waals surface area contributed by atoms with Crippen LogP contribution < -0.4 is 10.5 Å². The van der Waals surface area contributed by atoms with E-state index < -0.39 is 0 Å². The third-order valence-electron chi connectivity index (χ3n) is 3.36. The van der Waals surface area contributed by atoms with Gasteiger partial charge < -0.3 is 10.5 Å². The lowest BCUT2D eigenvalue weighted by Gasteiger charge is -2.17. The lowest BCUT2D eigenvalue weighted by atomic mass is 9.94. The Morgan fingerprint density at radius 1 is 1.05 bits per heavy atom. The van der Waals surface area contributed by atoms with Crippen molar-refractivity contribution in [3.63, 3.8) is 0 Å². The summed E-state index contributed by atoms with van der Waals surface area (Å²) in [7, 11) is 1.65. The van der Waals surface area contributed by atoms with Gasteiger partial charge in [0, 0.05) is 5.02 Å². The molecular formula is C16H18ClNO. The molecule has 0 fully saturated rings. The van der Waals surface area contributed by atoms with Crippen LogP contribution in [-0.4, -0.2) is 7.11 Å². The second-order valence-corrected chi connectivity index (χ2v) is 5.12. The summed E-state index contributed by atoms with van der Waals surface area (Å²) in [6.45, 7) is 4.02. The fourth-order valence-corrected chi connectivity index (χ4v) is 2.35. The summed E-state index contributed by atoms with van der Waals surface area (Å²) in [4.78, 5) is 0. The van der Waals surface area contributed by atoms with Crippen LogP contribution in [0.2, 0.25) is 5.02 Å². The molecule has 0 aliphatic rings. The van der Waals surface area contributed by atoms with Gasteiger partial charge in [0.2, 0.25) is 0 Å². The van der Waals surface area contributed by atoms with Crippen molar-refractivity contribution in [1.82, 2.24) is 0 Å². The van der Waals surface area contributed by atoms with Crippen LogP contribution in [0.1, 0.15) is 28.3 Å². The van der Waals surface area contributed by atoms with E-state index in [-0.39, 0.29) is 6.04 Å². The fourth-order valence-electron chi connectivity index (χ4n) is 2.13. The molecule has 0 aliphatic heterocycles. The fraction of sp³-hybridized carbons (Fsp3) is 0.250. The van der Waals surface area contributed by atoms with Crippen LogP contribution in [0.4, 0.5) is 0 Å². The third kappa shape index (κ3) is 2.91. The molecule has 2 nitrogen and oxygen atoms in total. The largest absolute Gasteiger partial charge is 0.497 e. The molecule has 0 aromatic heterocycles. The van der Waals surface area contributed by atoms with Crippen LogP contribution in [0.15, 0.2) is 36.4 Å². The van der Waals surface area contributed by atoms with Gasteiger partial charge in [-0.3, -0.25) is 0 Å². The molecule has 0 bridgehead atoms. The van der Waals surface area contributed by atoms with E-state index in [1.54, 1.807) is 7.11 Å². The van der Waals surface area contributed by atoms with Gasteiger partial charge in [-0.2, -0.15) is 0 Å². The van der Waals surface area contributed by atoms with Gasteiger partial charge in [-0.25, -0.2) is 0 Å².